The maximum atomic E-state index is 12.6. The second-order valence-electron chi connectivity index (χ2n) is 7.10. The van der Waals surface area contributed by atoms with E-state index in [-0.39, 0.29) is 17.2 Å². The number of ether oxygens (including phenoxy) is 1. The maximum absolute atomic E-state index is 12.6. The number of hydrogen-bond acceptors (Lipinski definition) is 5. The van der Waals surface area contributed by atoms with E-state index in [0.29, 0.717) is 38.3 Å². The normalized spacial score (nSPS) is 23.9. The minimum absolute atomic E-state index is 0.00999. The number of pyridine rings is 1. The van der Waals surface area contributed by atoms with Crippen LogP contribution in [0.15, 0.2) is 24.5 Å². The average Bonchev–Trinajstić information content (AvgIpc) is 2.95. The molecule has 2 aliphatic rings. The molecule has 2 fully saturated rings. The van der Waals surface area contributed by atoms with Crippen LogP contribution in [-0.4, -0.2) is 74.7 Å². The van der Waals surface area contributed by atoms with Gasteiger partial charge in [0.15, 0.2) is 0 Å². The maximum Gasteiger partial charge on any atom is 0.255 e. The second-order valence-corrected chi connectivity index (χ2v) is 9.09. The van der Waals surface area contributed by atoms with Crippen LogP contribution in [0.25, 0.3) is 0 Å². The number of nitrogens with zero attached hydrogens (tertiary/aromatic N) is 3. The van der Waals surface area contributed by atoms with Crippen molar-refractivity contribution in [2.45, 2.75) is 12.8 Å². The van der Waals surface area contributed by atoms with Crippen LogP contribution in [0.5, 0.6) is 0 Å². The predicted molar refractivity (Wildman–Crippen MR) is 93.6 cm³/mol. The Bertz CT molecular complexity index is 715. The zero-order valence-electron chi connectivity index (χ0n) is 14.7. The molecule has 0 aliphatic carbocycles. The van der Waals surface area contributed by atoms with E-state index in [1.807, 2.05) is 4.90 Å². The molecule has 138 valence electrons. The Morgan fingerprint density at radius 3 is 2.68 bits per heavy atom. The summed E-state index contributed by atoms with van der Waals surface area (Å²) in [6, 6.07) is 3.53. The first kappa shape index (κ1) is 18.3. The molecule has 1 atom stereocenters. The molecule has 0 saturated carbocycles. The molecule has 1 spiro atoms. The molecule has 8 heteroatoms. The van der Waals surface area contributed by atoms with E-state index in [1.54, 1.807) is 35.9 Å². The molecule has 1 aromatic rings. The molecule has 0 N–H and O–H groups in total. The van der Waals surface area contributed by atoms with Crippen LogP contribution in [0.3, 0.4) is 0 Å². The van der Waals surface area contributed by atoms with Crippen LogP contribution < -0.4 is 0 Å². The van der Waals surface area contributed by atoms with Crippen molar-refractivity contribution in [3.05, 3.63) is 30.1 Å². The molecule has 2 saturated heterocycles. The molecule has 0 aromatic carbocycles. The molecular weight excluding hydrogens is 342 g/mol. The van der Waals surface area contributed by atoms with Crippen molar-refractivity contribution in [2.75, 3.05) is 46.2 Å². The van der Waals surface area contributed by atoms with Gasteiger partial charge in [0.05, 0.1) is 18.4 Å². The third-order valence-corrected chi connectivity index (χ3v) is 6.79. The van der Waals surface area contributed by atoms with E-state index in [2.05, 4.69) is 4.98 Å². The summed E-state index contributed by atoms with van der Waals surface area (Å²) in [5.41, 5.74) is 0.487. The molecule has 1 aromatic heterocycles. The van der Waals surface area contributed by atoms with Gasteiger partial charge in [-0.15, -0.1) is 0 Å². The summed E-state index contributed by atoms with van der Waals surface area (Å²) in [6.45, 7) is 2.83. The number of hydrogen-bond donors (Lipinski definition) is 0. The third-order valence-electron chi connectivity index (χ3n) is 5.57. The molecule has 0 unspecified atom stereocenters. The third kappa shape index (κ3) is 3.70. The first-order chi connectivity index (χ1) is 11.9. The summed E-state index contributed by atoms with van der Waals surface area (Å²) in [4.78, 5) is 18.4. The number of methoxy groups -OCH3 is 1. The smallest absolute Gasteiger partial charge is 0.255 e. The number of piperidine rings is 1. The van der Waals surface area contributed by atoms with E-state index in [4.69, 9.17) is 4.74 Å². The van der Waals surface area contributed by atoms with Crippen molar-refractivity contribution in [1.29, 1.82) is 0 Å². The van der Waals surface area contributed by atoms with Gasteiger partial charge in [-0.25, -0.2) is 12.7 Å². The number of carbonyl (C=O) groups excluding carboxylic acids is 1. The van der Waals surface area contributed by atoms with Crippen molar-refractivity contribution in [2.24, 2.45) is 11.3 Å². The van der Waals surface area contributed by atoms with Gasteiger partial charge in [-0.1, -0.05) is 0 Å². The fourth-order valence-corrected chi connectivity index (χ4v) is 5.00. The molecular formula is C17H25N3O4S. The molecule has 25 heavy (non-hydrogen) atoms. The number of aromatic nitrogens is 1. The second kappa shape index (κ2) is 7.01. The van der Waals surface area contributed by atoms with Gasteiger partial charge in [-0.2, -0.15) is 0 Å². The highest BCUT2D eigenvalue weighted by Gasteiger charge is 2.50. The van der Waals surface area contributed by atoms with Gasteiger partial charge in [0, 0.05) is 51.6 Å². The van der Waals surface area contributed by atoms with Gasteiger partial charge in [-0.05, 0) is 30.4 Å². The van der Waals surface area contributed by atoms with Gasteiger partial charge >= 0.3 is 0 Å². The van der Waals surface area contributed by atoms with Gasteiger partial charge in [-0.3, -0.25) is 9.78 Å². The number of likely N-dealkylation sites (tertiary alicyclic amines) is 1. The fourth-order valence-electron chi connectivity index (χ4n) is 4.06. The van der Waals surface area contributed by atoms with Crippen LogP contribution >= 0.6 is 0 Å². The Morgan fingerprint density at radius 2 is 2.12 bits per heavy atom. The standard InChI is InChI=1S/C17H25N3O4S/c1-24-12-15-11-20(25(2,22)23)13-17(15)5-8-19(9-6-17)16(21)14-4-3-7-18-10-14/h3-4,7,10,15H,5-6,8-9,11-13H2,1-2H3/t15-/m0/s1. The highest BCUT2D eigenvalue weighted by atomic mass is 32.2. The molecule has 0 bridgehead atoms. The van der Waals surface area contributed by atoms with Crippen molar-refractivity contribution in [3.8, 4) is 0 Å². The Morgan fingerprint density at radius 1 is 1.40 bits per heavy atom. The van der Waals surface area contributed by atoms with Crippen LogP contribution in [0, 0.1) is 11.3 Å². The first-order valence-corrected chi connectivity index (χ1v) is 10.3. The summed E-state index contributed by atoms with van der Waals surface area (Å²) in [5, 5.41) is 0. The molecule has 0 radical (unpaired) electrons. The number of rotatable bonds is 4. The van der Waals surface area contributed by atoms with Crippen molar-refractivity contribution in [1.82, 2.24) is 14.2 Å². The van der Waals surface area contributed by atoms with Crippen LogP contribution in [0.4, 0.5) is 0 Å². The Hall–Kier alpha value is -1.51. The lowest BCUT2D eigenvalue weighted by Gasteiger charge is -2.42. The van der Waals surface area contributed by atoms with E-state index < -0.39 is 10.0 Å². The largest absolute Gasteiger partial charge is 0.384 e. The molecule has 3 rings (SSSR count). The van der Waals surface area contributed by atoms with Gasteiger partial charge in [0.2, 0.25) is 10.0 Å². The minimum atomic E-state index is -3.21. The first-order valence-electron chi connectivity index (χ1n) is 8.49. The highest BCUT2D eigenvalue weighted by molar-refractivity contribution is 7.88. The van der Waals surface area contributed by atoms with E-state index in [9.17, 15) is 13.2 Å². The predicted octanol–water partition coefficient (Wildman–Crippen LogP) is 0.842. The van der Waals surface area contributed by atoms with Crippen molar-refractivity contribution >= 4 is 15.9 Å². The zero-order valence-corrected chi connectivity index (χ0v) is 15.5. The quantitative estimate of drug-likeness (QED) is 0.788. The van der Waals surface area contributed by atoms with Crippen LogP contribution in [0.1, 0.15) is 23.2 Å². The summed E-state index contributed by atoms with van der Waals surface area (Å²) in [5.74, 6) is 0.159. The lowest BCUT2D eigenvalue weighted by Crippen LogP contribution is -2.47. The topological polar surface area (TPSA) is 79.8 Å². The highest BCUT2D eigenvalue weighted by Crippen LogP contribution is 2.45. The van der Waals surface area contributed by atoms with Gasteiger partial charge in [0.25, 0.3) is 5.91 Å². The number of carbonyl (C=O) groups is 1. The molecule has 1 amide bonds. The van der Waals surface area contributed by atoms with Crippen LogP contribution in [-0.2, 0) is 14.8 Å². The fraction of sp³-hybridized carbons (Fsp3) is 0.647. The summed E-state index contributed by atoms with van der Waals surface area (Å²) in [6.07, 6.45) is 6.08. The Labute approximate surface area is 149 Å². The minimum Gasteiger partial charge on any atom is -0.384 e. The summed E-state index contributed by atoms with van der Waals surface area (Å²) >= 11 is 0. The average molecular weight is 367 g/mol. The van der Waals surface area contributed by atoms with Crippen molar-refractivity contribution in [3.63, 3.8) is 0 Å². The Balaban J connectivity index is 1.71. The lowest BCUT2D eigenvalue weighted by molar-refractivity contribution is 0.0327. The monoisotopic (exact) mass is 367 g/mol. The van der Waals surface area contributed by atoms with E-state index in [1.165, 1.54) is 6.26 Å². The van der Waals surface area contributed by atoms with Gasteiger partial charge in [0.1, 0.15) is 0 Å². The number of sulfonamides is 1. The molecule has 2 aliphatic heterocycles. The SMILES string of the molecule is COC[C@@H]1CN(S(C)(=O)=O)CC12CCN(C(=O)c1cccnc1)CC2. The summed E-state index contributed by atoms with van der Waals surface area (Å²) < 4.78 is 30.9. The lowest BCUT2D eigenvalue weighted by atomic mass is 9.71. The van der Waals surface area contributed by atoms with E-state index in [0.717, 1.165) is 12.8 Å². The van der Waals surface area contributed by atoms with Crippen LogP contribution in [0.2, 0.25) is 0 Å². The zero-order chi connectivity index (χ0) is 18.1. The van der Waals surface area contributed by atoms with E-state index >= 15 is 0 Å². The number of amides is 1. The summed E-state index contributed by atoms with van der Waals surface area (Å²) in [7, 11) is -1.56. The van der Waals surface area contributed by atoms with Crippen molar-refractivity contribution < 1.29 is 17.9 Å². The van der Waals surface area contributed by atoms with Gasteiger partial charge < -0.3 is 9.64 Å². The molecule has 7 nitrogen and oxygen atoms in total. The molecule has 3 heterocycles. The Kier molecular flexibility index (Phi) is 5.13.